The third-order valence-electron chi connectivity index (χ3n) is 3.90. The van der Waals surface area contributed by atoms with Crippen LogP contribution in [0.15, 0.2) is 18.2 Å². The first kappa shape index (κ1) is 13.6. The maximum absolute atomic E-state index is 14.1. The molecule has 2 atom stereocenters. The Bertz CT molecular complexity index is 537. The van der Waals surface area contributed by atoms with Crippen LogP contribution in [-0.2, 0) is 11.3 Å². The van der Waals surface area contributed by atoms with Crippen LogP contribution in [0.4, 0.5) is 4.39 Å². The van der Waals surface area contributed by atoms with Gasteiger partial charge in [-0.15, -0.1) is 0 Å². The van der Waals surface area contributed by atoms with Crippen molar-refractivity contribution >= 4 is 0 Å². The van der Waals surface area contributed by atoms with Crippen LogP contribution in [0.25, 0.3) is 0 Å². The van der Waals surface area contributed by atoms with Gasteiger partial charge in [0.15, 0.2) is 0 Å². The first-order chi connectivity index (χ1) is 9.74. The van der Waals surface area contributed by atoms with Crippen LogP contribution in [0.2, 0.25) is 0 Å². The van der Waals surface area contributed by atoms with Gasteiger partial charge in [-0.1, -0.05) is 17.9 Å². The van der Waals surface area contributed by atoms with Crippen molar-refractivity contribution < 1.29 is 9.13 Å². The van der Waals surface area contributed by atoms with Crippen LogP contribution >= 0.6 is 0 Å². The number of nitrogens with two attached hydrogens (primary N) is 1. The average Bonchev–Trinajstić information content (AvgIpc) is 2.78. The van der Waals surface area contributed by atoms with E-state index in [1.165, 1.54) is 6.07 Å². The number of nitrogens with zero attached hydrogens (tertiary/aromatic N) is 1. The lowest BCUT2D eigenvalue weighted by Crippen LogP contribution is -2.42. The van der Waals surface area contributed by atoms with Gasteiger partial charge in [-0.25, -0.2) is 4.39 Å². The van der Waals surface area contributed by atoms with E-state index in [0.717, 1.165) is 31.5 Å². The second-order valence-corrected chi connectivity index (χ2v) is 5.46. The highest BCUT2D eigenvalue weighted by Gasteiger charge is 2.33. The van der Waals surface area contributed by atoms with E-state index in [2.05, 4.69) is 16.7 Å². The van der Waals surface area contributed by atoms with Gasteiger partial charge in [0.05, 0.1) is 18.8 Å². The molecule has 2 fully saturated rings. The van der Waals surface area contributed by atoms with Crippen LogP contribution in [-0.4, -0.2) is 36.7 Å². The van der Waals surface area contributed by atoms with Gasteiger partial charge >= 0.3 is 0 Å². The Morgan fingerprint density at radius 2 is 2.05 bits per heavy atom. The zero-order chi connectivity index (χ0) is 13.9. The lowest BCUT2D eigenvalue weighted by molar-refractivity contribution is -0.0413. The van der Waals surface area contributed by atoms with Crippen LogP contribution in [0.3, 0.4) is 0 Å². The van der Waals surface area contributed by atoms with Crippen molar-refractivity contribution in [2.45, 2.75) is 31.6 Å². The minimum absolute atomic E-state index is 0.187. The Morgan fingerprint density at radius 3 is 2.70 bits per heavy atom. The maximum atomic E-state index is 14.1. The highest BCUT2D eigenvalue weighted by Crippen LogP contribution is 2.27. The Labute approximate surface area is 118 Å². The van der Waals surface area contributed by atoms with Crippen molar-refractivity contribution in [3.63, 3.8) is 0 Å². The van der Waals surface area contributed by atoms with Gasteiger partial charge < -0.3 is 10.5 Å². The highest BCUT2D eigenvalue weighted by molar-refractivity contribution is 5.37. The summed E-state index contributed by atoms with van der Waals surface area (Å²) in [6, 6.07) is 5.18. The Hall–Kier alpha value is -1.41. The van der Waals surface area contributed by atoms with Crippen molar-refractivity contribution in [2.75, 3.05) is 19.6 Å². The smallest absolute Gasteiger partial charge is 0.128 e. The molecule has 3 nitrogen and oxygen atoms in total. The van der Waals surface area contributed by atoms with Gasteiger partial charge in [0.25, 0.3) is 0 Å². The van der Waals surface area contributed by atoms with Crippen molar-refractivity contribution in [1.29, 1.82) is 0 Å². The van der Waals surface area contributed by atoms with Crippen LogP contribution in [0, 0.1) is 17.7 Å². The fraction of sp³-hybridized carbons (Fsp3) is 0.500. The summed E-state index contributed by atoms with van der Waals surface area (Å²) < 4.78 is 19.9. The van der Waals surface area contributed by atoms with E-state index in [4.69, 9.17) is 10.5 Å². The van der Waals surface area contributed by atoms with Gasteiger partial charge in [0, 0.05) is 30.8 Å². The van der Waals surface area contributed by atoms with Gasteiger partial charge in [-0.2, -0.15) is 0 Å². The standard InChI is InChI=1S/C16H19FN2O/c17-16-8-12(2-1-7-18)3-4-13(16)9-19-10-14-5-6-15(11-19)20-14/h3-4,8,14-15H,5-7,9-11,18H2. The summed E-state index contributed by atoms with van der Waals surface area (Å²) in [6.07, 6.45) is 2.95. The predicted molar refractivity (Wildman–Crippen MR) is 75.5 cm³/mol. The number of benzene rings is 1. The SMILES string of the molecule is NCC#Cc1ccc(CN2CC3CCC(C2)O3)c(F)c1. The largest absolute Gasteiger partial charge is 0.372 e. The van der Waals surface area contributed by atoms with Gasteiger partial charge in [0.1, 0.15) is 5.82 Å². The zero-order valence-corrected chi connectivity index (χ0v) is 11.4. The number of likely N-dealkylation sites (tertiary alicyclic amines) is 1. The number of rotatable bonds is 2. The molecule has 0 aliphatic carbocycles. The van der Waals surface area contributed by atoms with E-state index in [1.54, 1.807) is 0 Å². The van der Waals surface area contributed by atoms with Gasteiger partial charge in [0.2, 0.25) is 0 Å². The van der Waals surface area contributed by atoms with Crippen LogP contribution < -0.4 is 5.73 Å². The molecule has 2 N–H and O–H groups in total. The Morgan fingerprint density at radius 1 is 1.30 bits per heavy atom. The Balaban J connectivity index is 1.68. The van der Waals surface area contributed by atoms with E-state index in [1.807, 2.05) is 12.1 Å². The molecular weight excluding hydrogens is 255 g/mol. The molecule has 0 saturated carbocycles. The van der Waals surface area contributed by atoms with Gasteiger partial charge in [-0.05, 0) is 25.0 Å². The normalized spacial score (nSPS) is 25.3. The molecule has 2 heterocycles. The summed E-state index contributed by atoms with van der Waals surface area (Å²) in [5.74, 6) is 5.40. The molecule has 106 valence electrons. The predicted octanol–water partition coefficient (Wildman–Crippen LogP) is 1.50. The minimum atomic E-state index is -0.187. The van der Waals surface area contributed by atoms with Crippen molar-refractivity contribution in [3.05, 3.63) is 35.1 Å². The van der Waals surface area contributed by atoms with Gasteiger partial charge in [-0.3, -0.25) is 4.90 Å². The molecule has 2 aliphatic rings. The lowest BCUT2D eigenvalue weighted by Gasteiger charge is -2.32. The first-order valence-corrected chi connectivity index (χ1v) is 7.10. The molecule has 0 aromatic heterocycles. The zero-order valence-electron chi connectivity index (χ0n) is 11.4. The average molecular weight is 274 g/mol. The molecule has 0 radical (unpaired) electrons. The molecule has 2 saturated heterocycles. The summed E-state index contributed by atoms with van der Waals surface area (Å²) in [5.41, 5.74) is 6.72. The van der Waals surface area contributed by atoms with E-state index in [0.29, 0.717) is 30.9 Å². The van der Waals surface area contributed by atoms with E-state index >= 15 is 0 Å². The molecule has 20 heavy (non-hydrogen) atoms. The number of hydrogen-bond donors (Lipinski definition) is 1. The monoisotopic (exact) mass is 274 g/mol. The van der Waals surface area contributed by atoms with Crippen molar-refractivity contribution in [2.24, 2.45) is 5.73 Å². The summed E-state index contributed by atoms with van der Waals surface area (Å²) in [6.45, 7) is 2.75. The summed E-state index contributed by atoms with van der Waals surface area (Å²) in [7, 11) is 0. The van der Waals surface area contributed by atoms with E-state index in [9.17, 15) is 4.39 Å². The second kappa shape index (κ2) is 5.92. The van der Waals surface area contributed by atoms with E-state index < -0.39 is 0 Å². The number of halogens is 1. The summed E-state index contributed by atoms with van der Waals surface area (Å²) in [4.78, 5) is 2.29. The maximum Gasteiger partial charge on any atom is 0.128 e. The molecule has 1 aromatic carbocycles. The van der Waals surface area contributed by atoms with E-state index in [-0.39, 0.29) is 5.82 Å². The lowest BCUT2D eigenvalue weighted by atomic mass is 10.1. The quantitative estimate of drug-likeness (QED) is 0.831. The number of morpholine rings is 1. The van der Waals surface area contributed by atoms with Crippen LogP contribution in [0.1, 0.15) is 24.0 Å². The molecule has 0 spiro atoms. The molecule has 1 aromatic rings. The fourth-order valence-corrected chi connectivity index (χ4v) is 2.98. The summed E-state index contributed by atoms with van der Waals surface area (Å²) in [5, 5.41) is 0. The highest BCUT2D eigenvalue weighted by atomic mass is 19.1. The molecule has 3 rings (SSSR count). The molecule has 2 bridgehead atoms. The third-order valence-corrected chi connectivity index (χ3v) is 3.90. The number of hydrogen-bond acceptors (Lipinski definition) is 3. The van der Waals surface area contributed by atoms with Crippen LogP contribution in [0.5, 0.6) is 0 Å². The molecule has 2 unspecified atom stereocenters. The molecule has 4 heteroatoms. The Kier molecular flexibility index (Phi) is 4.02. The second-order valence-electron chi connectivity index (χ2n) is 5.46. The molecule has 2 aliphatic heterocycles. The van der Waals surface area contributed by atoms with Crippen molar-refractivity contribution in [1.82, 2.24) is 4.90 Å². The fourth-order valence-electron chi connectivity index (χ4n) is 2.98. The number of fused-ring (bicyclic) bond motifs is 2. The first-order valence-electron chi connectivity index (χ1n) is 7.10. The minimum Gasteiger partial charge on any atom is -0.372 e. The number of ether oxygens (including phenoxy) is 1. The molecule has 0 amide bonds. The third kappa shape index (κ3) is 3.01. The van der Waals surface area contributed by atoms with Crippen molar-refractivity contribution in [3.8, 4) is 11.8 Å². The topological polar surface area (TPSA) is 38.5 Å². The summed E-state index contributed by atoms with van der Waals surface area (Å²) >= 11 is 0. The molecular formula is C16H19FN2O.